The largest absolute Gasteiger partial charge is 0.490 e. The second-order valence-electron chi connectivity index (χ2n) is 4.06. The molecule has 0 N–H and O–H groups in total. The van der Waals surface area contributed by atoms with E-state index in [4.69, 9.17) is 9.47 Å². The summed E-state index contributed by atoms with van der Waals surface area (Å²) in [6, 6.07) is 2.15. The van der Waals surface area contributed by atoms with Gasteiger partial charge < -0.3 is 9.47 Å². The maximum Gasteiger partial charge on any atom is 0.166 e. The molecule has 0 radical (unpaired) electrons. The third kappa shape index (κ3) is 3.39. The molecule has 1 aromatic carbocycles. The fourth-order valence-corrected chi connectivity index (χ4v) is 2.05. The molecule has 1 saturated heterocycles. The smallest absolute Gasteiger partial charge is 0.166 e. The van der Waals surface area contributed by atoms with Gasteiger partial charge in [0, 0.05) is 19.3 Å². The Kier molecular flexibility index (Phi) is 4.34. The Morgan fingerprint density at radius 2 is 1.94 bits per heavy atom. The molecule has 1 aromatic rings. The third-order valence-corrected chi connectivity index (χ3v) is 3.40. The van der Waals surface area contributed by atoms with Gasteiger partial charge in [0.25, 0.3) is 0 Å². The van der Waals surface area contributed by atoms with Gasteiger partial charge in [0.05, 0.1) is 11.1 Å². The maximum absolute atomic E-state index is 13.4. The van der Waals surface area contributed by atoms with Crippen LogP contribution in [0.2, 0.25) is 0 Å². The highest BCUT2D eigenvalue weighted by atomic mass is 79.9. The van der Waals surface area contributed by atoms with Crippen molar-refractivity contribution < 1.29 is 18.3 Å². The van der Waals surface area contributed by atoms with Gasteiger partial charge in [0.15, 0.2) is 11.6 Å². The quantitative estimate of drug-likeness (QED) is 0.795. The summed E-state index contributed by atoms with van der Waals surface area (Å²) in [5.74, 6) is -0.745. The van der Waals surface area contributed by atoms with E-state index in [0.29, 0.717) is 25.7 Å². The first kappa shape index (κ1) is 12.8. The molecule has 2 rings (SSSR count). The van der Waals surface area contributed by atoms with E-state index in [1.165, 1.54) is 0 Å². The summed E-state index contributed by atoms with van der Waals surface area (Å²) < 4.78 is 37.3. The molecule has 0 bridgehead atoms. The first-order valence-electron chi connectivity index (χ1n) is 5.52. The van der Waals surface area contributed by atoms with Crippen molar-refractivity contribution in [3.63, 3.8) is 0 Å². The standard InChI is InChI=1S/C12H13BrF2O2/c13-9-5-11(15)12(6-10(9)14)17-7-8-1-3-16-4-2-8/h5-6,8H,1-4,7H2. The minimum Gasteiger partial charge on any atom is -0.490 e. The van der Waals surface area contributed by atoms with E-state index in [9.17, 15) is 8.78 Å². The third-order valence-electron chi connectivity index (χ3n) is 2.79. The van der Waals surface area contributed by atoms with Crippen LogP contribution in [0.25, 0.3) is 0 Å². The maximum atomic E-state index is 13.4. The van der Waals surface area contributed by atoms with Gasteiger partial charge in [-0.2, -0.15) is 0 Å². The van der Waals surface area contributed by atoms with Crippen LogP contribution in [0.15, 0.2) is 16.6 Å². The van der Waals surface area contributed by atoms with E-state index >= 15 is 0 Å². The zero-order chi connectivity index (χ0) is 12.3. The minimum absolute atomic E-state index is 0.0304. The Labute approximate surface area is 107 Å². The summed E-state index contributed by atoms with van der Waals surface area (Å²) in [6.45, 7) is 1.83. The molecule has 0 unspecified atom stereocenters. The van der Waals surface area contributed by atoms with Crippen molar-refractivity contribution in [3.8, 4) is 5.75 Å². The van der Waals surface area contributed by atoms with Crippen LogP contribution in [-0.2, 0) is 4.74 Å². The van der Waals surface area contributed by atoms with Crippen LogP contribution in [0.1, 0.15) is 12.8 Å². The summed E-state index contributed by atoms with van der Waals surface area (Å²) in [4.78, 5) is 0. The molecule has 5 heteroatoms. The van der Waals surface area contributed by atoms with E-state index in [0.717, 1.165) is 25.0 Å². The fourth-order valence-electron chi connectivity index (χ4n) is 1.74. The SMILES string of the molecule is Fc1cc(OCC2CCOCC2)c(F)cc1Br. The number of ether oxygens (including phenoxy) is 2. The van der Waals surface area contributed by atoms with Crippen LogP contribution < -0.4 is 4.74 Å². The van der Waals surface area contributed by atoms with E-state index in [1.54, 1.807) is 0 Å². The number of hydrogen-bond donors (Lipinski definition) is 0. The van der Waals surface area contributed by atoms with Crippen LogP contribution in [-0.4, -0.2) is 19.8 Å². The highest BCUT2D eigenvalue weighted by Crippen LogP contribution is 2.26. The minimum atomic E-state index is -0.551. The second-order valence-corrected chi connectivity index (χ2v) is 4.92. The van der Waals surface area contributed by atoms with Crippen molar-refractivity contribution >= 4 is 15.9 Å². The first-order chi connectivity index (χ1) is 8.16. The average molecular weight is 307 g/mol. The summed E-state index contributed by atoms with van der Waals surface area (Å²) in [6.07, 6.45) is 1.81. The van der Waals surface area contributed by atoms with E-state index in [2.05, 4.69) is 15.9 Å². The zero-order valence-corrected chi connectivity index (χ0v) is 10.8. The Bertz CT molecular complexity index is 392. The van der Waals surface area contributed by atoms with Gasteiger partial charge in [-0.1, -0.05) is 0 Å². The number of hydrogen-bond acceptors (Lipinski definition) is 2. The van der Waals surface area contributed by atoms with Crippen LogP contribution in [0, 0.1) is 17.6 Å². The molecule has 94 valence electrons. The Morgan fingerprint density at radius 1 is 1.24 bits per heavy atom. The Morgan fingerprint density at radius 3 is 2.65 bits per heavy atom. The molecular weight excluding hydrogens is 294 g/mol. The molecule has 0 aliphatic carbocycles. The number of rotatable bonds is 3. The first-order valence-corrected chi connectivity index (χ1v) is 6.31. The molecule has 17 heavy (non-hydrogen) atoms. The van der Waals surface area contributed by atoms with Crippen LogP contribution >= 0.6 is 15.9 Å². The summed E-state index contributed by atoms with van der Waals surface area (Å²) in [5.41, 5.74) is 0. The molecule has 1 heterocycles. The average Bonchev–Trinajstić information content (AvgIpc) is 2.33. The summed E-state index contributed by atoms with van der Waals surface area (Å²) in [5, 5.41) is 0. The molecule has 0 saturated carbocycles. The number of halogens is 3. The van der Waals surface area contributed by atoms with E-state index < -0.39 is 11.6 Å². The van der Waals surface area contributed by atoms with Crippen LogP contribution in [0.3, 0.4) is 0 Å². The molecule has 0 aromatic heterocycles. The molecule has 1 aliphatic heterocycles. The predicted molar refractivity (Wildman–Crippen MR) is 63.1 cm³/mol. The lowest BCUT2D eigenvalue weighted by atomic mass is 10.0. The van der Waals surface area contributed by atoms with Crippen molar-refractivity contribution in [2.75, 3.05) is 19.8 Å². The molecule has 1 fully saturated rings. The lowest BCUT2D eigenvalue weighted by Gasteiger charge is -2.22. The van der Waals surface area contributed by atoms with Gasteiger partial charge in [-0.25, -0.2) is 8.78 Å². The van der Waals surface area contributed by atoms with E-state index in [-0.39, 0.29) is 10.2 Å². The molecule has 2 nitrogen and oxygen atoms in total. The predicted octanol–water partition coefficient (Wildman–Crippen LogP) is 3.53. The van der Waals surface area contributed by atoms with Crippen molar-refractivity contribution in [3.05, 3.63) is 28.2 Å². The Balaban J connectivity index is 1.96. The highest BCUT2D eigenvalue weighted by molar-refractivity contribution is 9.10. The van der Waals surface area contributed by atoms with Crippen LogP contribution in [0.4, 0.5) is 8.78 Å². The van der Waals surface area contributed by atoms with Crippen molar-refractivity contribution in [1.29, 1.82) is 0 Å². The van der Waals surface area contributed by atoms with Gasteiger partial charge in [0.2, 0.25) is 0 Å². The summed E-state index contributed by atoms with van der Waals surface area (Å²) in [7, 11) is 0. The molecule has 0 amide bonds. The Hall–Kier alpha value is -0.680. The van der Waals surface area contributed by atoms with E-state index in [1.807, 2.05) is 0 Å². The van der Waals surface area contributed by atoms with Gasteiger partial charge in [0.1, 0.15) is 5.82 Å². The van der Waals surface area contributed by atoms with Crippen molar-refractivity contribution in [2.24, 2.45) is 5.92 Å². The lowest BCUT2D eigenvalue weighted by Crippen LogP contribution is -2.21. The van der Waals surface area contributed by atoms with Gasteiger partial charge in [-0.15, -0.1) is 0 Å². The van der Waals surface area contributed by atoms with Crippen molar-refractivity contribution in [1.82, 2.24) is 0 Å². The second kappa shape index (κ2) is 5.78. The number of benzene rings is 1. The molecular formula is C12H13BrF2O2. The molecule has 0 atom stereocenters. The normalized spacial score (nSPS) is 17.1. The summed E-state index contributed by atoms with van der Waals surface area (Å²) >= 11 is 2.92. The lowest BCUT2D eigenvalue weighted by molar-refractivity contribution is 0.0491. The topological polar surface area (TPSA) is 18.5 Å². The zero-order valence-electron chi connectivity index (χ0n) is 9.22. The van der Waals surface area contributed by atoms with Gasteiger partial charge in [-0.05, 0) is 40.8 Å². The van der Waals surface area contributed by atoms with Gasteiger partial charge in [-0.3, -0.25) is 0 Å². The highest BCUT2D eigenvalue weighted by Gasteiger charge is 2.16. The molecule has 1 aliphatic rings. The van der Waals surface area contributed by atoms with Crippen molar-refractivity contribution in [2.45, 2.75) is 12.8 Å². The van der Waals surface area contributed by atoms with Crippen LogP contribution in [0.5, 0.6) is 5.75 Å². The fraction of sp³-hybridized carbons (Fsp3) is 0.500. The van der Waals surface area contributed by atoms with Gasteiger partial charge >= 0.3 is 0 Å². The molecule has 0 spiro atoms. The monoisotopic (exact) mass is 306 g/mol.